The molecule has 3 heterocycles. The van der Waals surface area contributed by atoms with Crippen LogP contribution in [0.3, 0.4) is 0 Å². The summed E-state index contributed by atoms with van der Waals surface area (Å²) in [7, 11) is 0. The summed E-state index contributed by atoms with van der Waals surface area (Å²) in [6.45, 7) is 0. The number of benzene rings is 8. The number of furan rings is 1. The van der Waals surface area contributed by atoms with Gasteiger partial charge in [-0.15, -0.1) is 0 Å². The Bertz CT molecular complexity index is 3240. The zero-order valence-corrected chi connectivity index (χ0v) is 30.2. The molecule has 11 rings (SSSR count). The van der Waals surface area contributed by atoms with Gasteiger partial charge in [-0.25, -0.2) is 15.0 Å². The van der Waals surface area contributed by atoms with E-state index < -0.39 is 0 Å². The third-order valence-corrected chi connectivity index (χ3v) is 10.7. The van der Waals surface area contributed by atoms with Gasteiger partial charge in [-0.1, -0.05) is 158 Å². The summed E-state index contributed by atoms with van der Waals surface area (Å²) in [4.78, 5) is 15.2. The maximum Gasteiger partial charge on any atom is 0.164 e. The van der Waals surface area contributed by atoms with Crippen molar-refractivity contribution < 1.29 is 4.42 Å². The minimum Gasteiger partial charge on any atom is -0.456 e. The minimum atomic E-state index is 0.610. The van der Waals surface area contributed by atoms with Crippen molar-refractivity contribution in [2.45, 2.75) is 0 Å². The molecule has 0 amide bonds. The molecule has 8 aromatic carbocycles. The highest BCUT2D eigenvalue weighted by atomic mass is 16.3. The van der Waals surface area contributed by atoms with Gasteiger partial charge in [0.25, 0.3) is 0 Å². The Kier molecular flexibility index (Phi) is 7.42. The molecule has 0 aliphatic rings. The quantitative estimate of drug-likeness (QED) is 0.172. The molecule has 0 N–H and O–H groups in total. The van der Waals surface area contributed by atoms with Gasteiger partial charge in [-0.2, -0.15) is 0 Å². The molecule has 0 fully saturated rings. The fourth-order valence-corrected chi connectivity index (χ4v) is 7.99. The van der Waals surface area contributed by atoms with E-state index in [4.69, 9.17) is 19.4 Å². The van der Waals surface area contributed by atoms with E-state index >= 15 is 0 Å². The van der Waals surface area contributed by atoms with Gasteiger partial charge in [-0.3, -0.25) is 0 Å². The molecular formula is C51H32N4O. The zero-order chi connectivity index (χ0) is 37.0. The molecule has 5 nitrogen and oxygen atoms in total. The number of rotatable bonds is 6. The van der Waals surface area contributed by atoms with Crippen LogP contribution in [0.5, 0.6) is 0 Å². The van der Waals surface area contributed by atoms with E-state index in [1.807, 2.05) is 48.5 Å². The van der Waals surface area contributed by atoms with Gasteiger partial charge in [-0.05, 0) is 53.1 Å². The molecule has 0 saturated heterocycles. The Morgan fingerprint density at radius 1 is 0.339 bits per heavy atom. The lowest BCUT2D eigenvalue weighted by Gasteiger charge is -2.13. The van der Waals surface area contributed by atoms with Crippen LogP contribution in [0, 0.1) is 0 Å². The molecule has 11 aromatic rings. The number of aromatic nitrogens is 4. The predicted molar refractivity (Wildman–Crippen MR) is 229 cm³/mol. The number of hydrogen-bond acceptors (Lipinski definition) is 4. The second-order valence-corrected chi connectivity index (χ2v) is 14.0. The van der Waals surface area contributed by atoms with Crippen molar-refractivity contribution >= 4 is 43.7 Å². The highest BCUT2D eigenvalue weighted by Crippen LogP contribution is 2.40. The average molecular weight is 717 g/mol. The number of fused-ring (bicyclic) bond motifs is 6. The number of para-hydroxylation sites is 3. The summed E-state index contributed by atoms with van der Waals surface area (Å²) < 4.78 is 8.72. The summed E-state index contributed by atoms with van der Waals surface area (Å²) in [5.74, 6) is 1.86. The van der Waals surface area contributed by atoms with Crippen molar-refractivity contribution in [3.63, 3.8) is 0 Å². The smallest absolute Gasteiger partial charge is 0.164 e. The first-order valence-electron chi connectivity index (χ1n) is 18.8. The van der Waals surface area contributed by atoms with E-state index in [1.165, 1.54) is 16.3 Å². The average Bonchev–Trinajstić information content (AvgIpc) is 3.82. The highest BCUT2D eigenvalue weighted by molar-refractivity contribution is 6.14. The molecule has 262 valence electrons. The maximum absolute atomic E-state index is 6.35. The molecule has 5 heteroatoms. The summed E-state index contributed by atoms with van der Waals surface area (Å²) in [5.41, 5.74) is 12.3. The van der Waals surface area contributed by atoms with E-state index in [0.29, 0.717) is 17.5 Å². The van der Waals surface area contributed by atoms with Gasteiger partial charge < -0.3 is 8.98 Å². The fourth-order valence-electron chi connectivity index (χ4n) is 7.99. The lowest BCUT2D eigenvalue weighted by molar-refractivity contribution is 0.669. The molecular weight excluding hydrogens is 685 g/mol. The Morgan fingerprint density at radius 3 is 1.66 bits per heavy atom. The summed E-state index contributed by atoms with van der Waals surface area (Å²) in [5, 5.41) is 4.61. The first-order chi connectivity index (χ1) is 27.7. The molecule has 0 unspecified atom stereocenters. The van der Waals surface area contributed by atoms with Crippen molar-refractivity contribution in [1.82, 2.24) is 19.5 Å². The molecule has 0 aliphatic heterocycles. The predicted octanol–water partition coefficient (Wildman–Crippen LogP) is 13.2. The lowest BCUT2D eigenvalue weighted by atomic mass is 10.0. The lowest BCUT2D eigenvalue weighted by Crippen LogP contribution is -2.01. The van der Waals surface area contributed by atoms with E-state index in [1.54, 1.807) is 0 Å². The van der Waals surface area contributed by atoms with Crippen LogP contribution in [-0.2, 0) is 0 Å². The number of hydrogen-bond donors (Lipinski definition) is 0. The van der Waals surface area contributed by atoms with E-state index in [0.717, 1.165) is 72.0 Å². The van der Waals surface area contributed by atoms with Gasteiger partial charge in [0, 0.05) is 49.5 Å². The standard InChI is InChI=1S/C51H32N4O/c1-3-13-33(14-4-1)34-25-27-36(28-26-34)50-52-49(35-15-5-2-6-16-35)53-51(54-50)38-17-11-18-39(31-38)55-45-23-9-7-19-41(45)44-22-12-21-40(48(44)55)37-29-30-43-42-20-8-10-24-46(42)56-47(43)32-37/h1-32H. The van der Waals surface area contributed by atoms with Crippen LogP contribution in [0.25, 0.3) is 106 Å². The summed E-state index contributed by atoms with van der Waals surface area (Å²) in [6.07, 6.45) is 0. The van der Waals surface area contributed by atoms with E-state index in [-0.39, 0.29) is 0 Å². The third-order valence-electron chi connectivity index (χ3n) is 10.7. The van der Waals surface area contributed by atoms with Crippen LogP contribution in [0.2, 0.25) is 0 Å². The van der Waals surface area contributed by atoms with Crippen molar-refractivity contribution in [2.24, 2.45) is 0 Å². The van der Waals surface area contributed by atoms with E-state index in [9.17, 15) is 0 Å². The molecule has 56 heavy (non-hydrogen) atoms. The molecule has 0 radical (unpaired) electrons. The normalized spacial score (nSPS) is 11.6. The summed E-state index contributed by atoms with van der Waals surface area (Å²) in [6, 6.07) is 67.5. The van der Waals surface area contributed by atoms with Gasteiger partial charge in [0.15, 0.2) is 17.5 Å². The first kappa shape index (κ1) is 31.9. The molecule has 0 saturated carbocycles. The Labute approximate surface area is 322 Å². The van der Waals surface area contributed by atoms with Gasteiger partial charge in [0.2, 0.25) is 0 Å². The fraction of sp³-hybridized carbons (Fsp3) is 0. The molecule has 0 aliphatic carbocycles. The van der Waals surface area contributed by atoms with E-state index in [2.05, 4.69) is 150 Å². The SMILES string of the molecule is c1ccc(-c2ccc(-c3nc(-c4ccccc4)nc(-c4cccc(-n5c6ccccc6c6cccc(-c7ccc8c(c7)oc7ccccc78)c65)c4)n3)cc2)cc1. The van der Waals surface area contributed by atoms with Crippen LogP contribution in [0.1, 0.15) is 0 Å². The first-order valence-corrected chi connectivity index (χ1v) is 18.8. The maximum atomic E-state index is 6.35. The van der Waals surface area contributed by atoms with Gasteiger partial charge in [0.1, 0.15) is 11.2 Å². The van der Waals surface area contributed by atoms with Crippen molar-refractivity contribution in [3.05, 3.63) is 194 Å². The van der Waals surface area contributed by atoms with Gasteiger partial charge in [0.05, 0.1) is 11.0 Å². The Balaban J connectivity index is 1.08. The zero-order valence-electron chi connectivity index (χ0n) is 30.2. The molecule has 0 bridgehead atoms. The second-order valence-electron chi connectivity index (χ2n) is 14.0. The van der Waals surface area contributed by atoms with Crippen LogP contribution >= 0.6 is 0 Å². The van der Waals surface area contributed by atoms with Crippen LogP contribution in [-0.4, -0.2) is 19.5 Å². The van der Waals surface area contributed by atoms with Crippen molar-refractivity contribution in [3.8, 4) is 62.1 Å². The molecule has 3 aromatic heterocycles. The van der Waals surface area contributed by atoms with Crippen molar-refractivity contribution in [2.75, 3.05) is 0 Å². The number of nitrogens with zero attached hydrogens (tertiary/aromatic N) is 4. The monoisotopic (exact) mass is 716 g/mol. The summed E-state index contributed by atoms with van der Waals surface area (Å²) >= 11 is 0. The topological polar surface area (TPSA) is 56.7 Å². The van der Waals surface area contributed by atoms with Crippen LogP contribution in [0.15, 0.2) is 199 Å². The Hall–Kier alpha value is -7.63. The van der Waals surface area contributed by atoms with Gasteiger partial charge >= 0.3 is 0 Å². The molecule has 0 spiro atoms. The Morgan fingerprint density at radius 2 is 0.875 bits per heavy atom. The minimum absolute atomic E-state index is 0.610. The highest BCUT2D eigenvalue weighted by Gasteiger charge is 2.19. The van der Waals surface area contributed by atoms with Crippen LogP contribution in [0.4, 0.5) is 0 Å². The molecule has 0 atom stereocenters. The second kappa shape index (κ2) is 13.0. The van der Waals surface area contributed by atoms with Crippen molar-refractivity contribution in [1.29, 1.82) is 0 Å². The largest absolute Gasteiger partial charge is 0.456 e. The van der Waals surface area contributed by atoms with Crippen LogP contribution < -0.4 is 0 Å². The third kappa shape index (κ3) is 5.37.